The second kappa shape index (κ2) is 5.24. The number of aliphatic hydroxyl groups is 1. The molecule has 0 saturated carbocycles. The van der Waals surface area contributed by atoms with Crippen LogP contribution in [0.15, 0.2) is 24.3 Å². The van der Waals surface area contributed by atoms with Gasteiger partial charge in [0.05, 0.1) is 12.5 Å². The van der Waals surface area contributed by atoms with E-state index in [4.69, 9.17) is 0 Å². The summed E-state index contributed by atoms with van der Waals surface area (Å²) < 4.78 is 61.6. The summed E-state index contributed by atoms with van der Waals surface area (Å²) in [6.45, 7) is 1.22. The molecule has 0 spiro atoms. The lowest BCUT2D eigenvalue weighted by Gasteiger charge is -2.22. The van der Waals surface area contributed by atoms with Crippen molar-refractivity contribution >= 4 is 5.78 Å². The van der Waals surface area contributed by atoms with E-state index in [9.17, 15) is 31.9 Å². The third-order valence-corrected chi connectivity index (χ3v) is 2.54. The third kappa shape index (κ3) is 3.73. The first kappa shape index (κ1) is 15.6. The van der Waals surface area contributed by atoms with Crippen LogP contribution in [-0.2, 0) is 0 Å². The molecule has 0 fully saturated rings. The largest absolute Gasteiger partial charge is 0.453 e. The van der Waals surface area contributed by atoms with Crippen LogP contribution in [0.1, 0.15) is 35.4 Å². The first-order valence-corrected chi connectivity index (χ1v) is 5.28. The maximum Gasteiger partial charge on any atom is 0.453 e. The second-order valence-corrected chi connectivity index (χ2v) is 4.10. The molecule has 1 rings (SSSR count). The van der Waals surface area contributed by atoms with Crippen LogP contribution >= 0.6 is 0 Å². The Morgan fingerprint density at radius 2 is 1.84 bits per heavy atom. The van der Waals surface area contributed by atoms with E-state index in [0.717, 1.165) is 6.07 Å². The van der Waals surface area contributed by atoms with Gasteiger partial charge in [0.2, 0.25) is 0 Å². The Balaban J connectivity index is 2.93. The lowest BCUT2D eigenvalue weighted by molar-refractivity contribution is -0.290. The van der Waals surface area contributed by atoms with Crippen molar-refractivity contribution in [1.82, 2.24) is 0 Å². The molecule has 0 aliphatic rings. The van der Waals surface area contributed by atoms with E-state index in [1.54, 1.807) is 0 Å². The van der Waals surface area contributed by atoms with Gasteiger partial charge in [0, 0.05) is 5.56 Å². The summed E-state index contributed by atoms with van der Waals surface area (Å²) in [6.07, 6.45) is -9.50. The molecule has 0 heterocycles. The minimum Gasteiger partial charge on any atom is -0.388 e. The zero-order chi connectivity index (χ0) is 14.8. The molecule has 0 amide bonds. The molecule has 0 aliphatic carbocycles. The van der Waals surface area contributed by atoms with E-state index in [1.807, 2.05) is 0 Å². The van der Waals surface area contributed by atoms with Crippen LogP contribution in [0.3, 0.4) is 0 Å². The normalized spacial score (nSPS) is 14.3. The summed E-state index contributed by atoms with van der Waals surface area (Å²) in [7, 11) is 0. The molecule has 7 heteroatoms. The molecular formula is C12H11F5O2. The van der Waals surface area contributed by atoms with Crippen LogP contribution in [0.4, 0.5) is 22.0 Å². The molecule has 1 N–H and O–H groups in total. The minimum atomic E-state index is -5.72. The van der Waals surface area contributed by atoms with E-state index in [2.05, 4.69) is 0 Å². The summed E-state index contributed by atoms with van der Waals surface area (Å²) >= 11 is 0. The number of carbonyl (C=O) groups is 1. The summed E-state index contributed by atoms with van der Waals surface area (Å²) in [5, 5.41) is 9.43. The lowest BCUT2D eigenvalue weighted by atomic mass is 9.99. The van der Waals surface area contributed by atoms with Crippen LogP contribution in [0.2, 0.25) is 0 Å². The summed E-state index contributed by atoms with van der Waals surface area (Å²) in [5.74, 6) is -5.37. The molecule has 0 aromatic heterocycles. The fourth-order valence-corrected chi connectivity index (χ4v) is 1.44. The molecule has 1 aromatic rings. The number of ketones is 1. The highest BCUT2D eigenvalue weighted by Crippen LogP contribution is 2.41. The van der Waals surface area contributed by atoms with Gasteiger partial charge in [-0.3, -0.25) is 4.79 Å². The Kier molecular flexibility index (Phi) is 4.29. The van der Waals surface area contributed by atoms with Gasteiger partial charge in [0.15, 0.2) is 5.78 Å². The molecular weight excluding hydrogens is 271 g/mol. The zero-order valence-electron chi connectivity index (χ0n) is 9.84. The smallest absolute Gasteiger partial charge is 0.388 e. The van der Waals surface area contributed by atoms with Gasteiger partial charge in [0.25, 0.3) is 0 Å². The summed E-state index contributed by atoms with van der Waals surface area (Å²) in [5.41, 5.74) is -0.0245. The van der Waals surface area contributed by atoms with Crippen LogP contribution in [-0.4, -0.2) is 23.0 Å². The molecule has 0 saturated heterocycles. The SMILES string of the molecule is CC(=O)c1cccc(C(O)CC(F)(F)C(F)(F)F)c1. The number of hydrogen-bond donors (Lipinski definition) is 1. The average molecular weight is 282 g/mol. The van der Waals surface area contributed by atoms with Crippen molar-refractivity contribution in [2.24, 2.45) is 0 Å². The second-order valence-electron chi connectivity index (χ2n) is 4.10. The highest BCUT2D eigenvalue weighted by Gasteiger charge is 2.58. The van der Waals surface area contributed by atoms with Gasteiger partial charge in [0.1, 0.15) is 0 Å². The number of carbonyl (C=O) groups excluding carboxylic acids is 1. The molecule has 2 nitrogen and oxygen atoms in total. The number of halogens is 5. The molecule has 0 bridgehead atoms. The van der Waals surface area contributed by atoms with Crippen LogP contribution in [0.25, 0.3) is 0 Å². The van der Waals surface area contributed by atoms with Crippen LogP contribution < -0.4 is 0 Å². The van der Waals surface area contributed by atoms with Gasteiger partial charge in [-0.1, -0.05) is 18.2 Å². The predicted octanol–water partition coefficient (Wildman–Crippen LogP) is 3.51. The predicted molar refractivity (Wildman–Crippen MR) is 57.0 cm³/mol. The highest BCUT2D eigenvalue weighted by molar-refractivity contribution is 5.94. The quantitative estimate of drug-likeness (QED) is 0.677. The Bertz CT molecular complexity index is 467. The molecule has 106 valence electrons. The number of rotatable bonds is 4. The number of benzene rings is 1. The number of aliphatic hydroxyl groups excluding tert-OH is 1. The maximum atomic E-state index is 12.8. The Morgan fingerprint density at radius 3 is 2.32 bits per heavy atom. The van der Waals surface area contributed by atoms with Crippen LogP contribution in [0.5, 0.6) is 0 Å². The molecule has 0 aliphatic heterocycles. The van der Waals surface area contributed by atoms with E-state index >= 15 is 0 Å². The molecule has 1 atom stereocenters. The van der Waals surface area contributed by atoms with Gasteiger partial charge in [-0.15, -0.1) is 0 Å². The summed E-state index contributed by atoms with van der Waals surface area (Å²) in [4.78, 5) is 11.1. The van der Waals surface area contributed by atoms with Crippen molar-refractivity contribution in [3.63, 3.8) is 0 Å². The van der Waals surface area contributed by atoms with Gasteiger partial charge in [-0.05, 0) is 18.6 Å². The van der Waals surface area contributed by atoms with Crippen molar-refractivity contribution in [3.05, 3.63) is 35.4 Å². The van der Waals surface area contributed by atoms with Gasteiger partial charge >= 0.3 is 12.1 Å². The topological polar surface area (TPSA) is 37.3 Å². The van der Waals surface area contributed by atoms with Gasteiger partial charge < -0.3 is 5.11 Å². The Hall–Kier alpha value is -1.50. The van der Waals surface area contributed by atoms with E-state index in [-0.39, 0.29) is 16.9 Å². The van der Waals surface area contributed by atoms with Crippen molar-refractivity contribution < 1.29 is 31.9 Å². The minimum absolute atomic E-state index is 0.131. The van der Waals surface area contributed by atoms with Crippen molar-refractivity contribution in [3.8, 4) is 0 Å². The molecule has 1 aromatic carbocycles. The van der Waals surface area contributed by atoms with Gasteiger partial charge in [-0.2, -0.15) is 22.0 Å². The molecule has 1 unspecified atom stereocenters. The zero-order valence-corrected chi connectivity index (χ0v) is 9.84. The third-order valence-electron chi connectivity index (χ3n) is 2.54. The monoisotopic (exact) mass is 282 g/mol. The van der Waals surface area contributed by atoms with E-state index in [1.165, 1.54) is 25.1 Å². The first-order valence-electron chi connectivity index (χ1n) is 5.28. The standard InChI is InChI=1S/C12H11F5O2/c1-7(18)8-3-2-4-9(5-8)10(19)6-11(13,14)12(15,16)17/h2-5,10,19H,6H2,1H3. The van der Waals surface area contributed by atoms with E-state index < -0.39 is 24.6 Å². The van der Waals surface area contributed by atoms with Gasteiger partial charge in [-0.25, -0.2) is 0 Å². The van der Waals surface area contributed by atoms with Crippen LogP contribution in [0, 0.1) is 0 Å². The highest BCUT2D eigenvalue weighted by atomic mass is 19.4. The summed E-state index contributed by atoms with van der Waals surface area (Å²) in [6, 6.07) is 4.96. The van der Waals surface area contributed by atoms with E-state index in [0.29, 0.717) is 0 Å². The maximum absolute atomic E-state index is 12.8. The van der Waals surface area contributed by atoms with Crippen molar-refractivity contribution in [2.45, 2.75) is 31.5 Å². The lowest BCUT2D eigenvalue weighted by Crippen LogP contribution is -2.37. The number of hydrogen-bond acceptors (Lipinski definition) is 2. The average Bonchev–Trinajstić information content (AvgIpc) is 2.27. The van der Waals surface area contributed by atoms with Crippen molar-refractivity contribution in [2.75, 3.05) is 0 Å². The Labute approximate surface area is 105 Å². The molecule has 19 heavy (non-hydrogen) atoms. The fraction of sp³-hybridized carbons (Fsp3) is 0.417. The number of alkyl halides is 5. The fourth-order valence-electron chi connectivity index (χ4n) is 1.44. The number of Topliss-reactive ketones (excluding diaryl/α,β-unsaturated/α-hetero) is 1. The Morgan fingerprint density at radius 1 is 1.26 bits per heavy atom. The molecule has 0 radical (unpaired) electrons. The first-order chi connectivity index (χ1) is 8.54. The van der Waals surface area contributed by atoms with Crippen molar-refractivity contribution in [1.29, 1.82) is 0 Å².